The number of hydrogen-bond acceptors (Lipinski definition) is 2. The molecular formula is C15H21NS. The van der Waals surface area contributed by atoms with Crippen LogP contribution in [0.5, 0.6) is 0 Å². The fourth-order valence-electron chi connectivity index (χ4n) is 3.02. The molecule has 2 aliphatic rings. The van der Waals surface area contributed by atoms with Crippen LogP contribution in [0.25, 0.3) is 0 Å². The lowest BCUT2D eigenvalue weighted by atomic mass is 9.98. The van der Waals surface area contributed by atoms with Gasteiger partial charge in [0.05, 0.1) is 0 Å². The van der Waals surface area contributed by atoms with E-state index in [0.29, 0.717) is 6.04 Å². The van der Waals surface area contributed by atoms with Crippen molar-refractivity contribution < 1.29 is 0 Å². The monoisotopic (exact) mass is 247 g/mol. The molecule has 1 N–H and O–H groups in total. The zero-order chi connectivity index (χ0) is 11.7. The topological polar surface area (TPSA) is 12.0 Å². The molecule has 1 aliphatic carbocycles. The van der Waals surface area contributed by atoms with Gasteiger partial charge in [-0.3, -0.25) is 0 Å². The highest BCUT2D eigenvalue weighted by molar-refractivity contribution is 7.99. The van der Waals surface area contributed by atoms with Crippen molar-refractivity contribution in [1.82, 2.24) is 5.32 Å². The van der Waals surface area contributed by atoms with E-state index in [4.69, 9.17) is 0 Å². The van der Waals surface area contributed by atoms with Crippen LogP contribution in [0, 0.1) is 5.92 Å². The molecule has 1 nitrogen and oxygen atoms in total. The molecule has 0 radical (unpaired) electrons. The number of nitrogens with one attached hydrogen (secondary N) is 1. The molecule has 3 unspecified atom stereocenters. The molecule has 0 saturated carbocycles. The Hall–Kier alpha value is -0.470. The predicted octanol–water partition coefficient (Wildman–Crippen LogP) is 3.41. The molecule has 3 rings (SSSR count). The van der Waals surface area contributed by atoms with Gasteiger partial charge in [0, 0.05) is 11.3 Å². The minimum Gasteiger partial charge on any atom is -0.309 e. The average molecular weight is 247 g/mol. The fraction of sp³-hybridized carbons (Fsp3) is 0.600. The van der Waals surface area contributed by atoms with Crippen molar-refractivity contribution in [2.75, 3.05) is 12.3 Å². The molecule has 0 amide bonds. The second-order valence-corrected chi connectivity index (χ2v) is 6.73. The third-order valence-electron chi connectivity index (χ3n) is 3.98. The molecule has 1 aromatic carbocycles. The Morgan fingerprint density at radius 1 is 1.29 bits per heavy atom. The van der Waals surface area contributed by atoms with Crippen molar-refractivity contribution >= 4 is 11.8 Å². The summed E-state index contributed by atoms with van der Waals surface area (Å²) >= 11 is 2.19. The first-order valence-electron chi connectivity index (χ1n) is 6.77. The largest absolute Gasteiger partial charge is 0.309 e. The average Bonchev–Trinajstić information content (AvgIpc) is 2.63. The van der Waals surface area contributed by atoms with Crippen LogP contribution >= 0.6 is 11.8 Å². The van der Waals surface area contributed by atoms with Gasteiger partial charge in [0.1, 0.15) is 0 Å². The first kappa shape index (κ1) is 11.6. The van der Waals surface area contributed by atoms with Gasteiger partial charge in [-0.05, 0) is 48.6 Å². The SMILES string of the molecule is CC1CNC2c3ccccc3CCCC2SC1. The van der Waals surface area contributed by atoms with Crippen molar-refractivity contribution in [2.45, 2.75) is 37.5 Å². The van der Waals surface area contributed by atoms with Gasteiger partial charge in [-0.2, -0.15) is 11.8 Å². The molecule has 1 heterocycles. The Labute approximate surface area is 108 Å². The summed E-state index contributed by atoms with van der Waals surface area (Å²) in [6, 6.07) is 9.62. The zero-order valence-corrected chi connectivity index (χ0v) is 11.3. The maximum Gasteiger partial charge on any atom is 0.0443 e. The van der Waals surface area contributed by atoms with E-state index in [0.717, 1.165) is 11.2 Å². The van der Waals surface area contributed by atoms with Crippen LogP contribution in [-0.2, 0) is 6.42 Å². The summed E-state index contributed by atoms with van der Waals surface area (Å²) in [5.41, 5.74) is 3.14. The van der Waals surface area contributed by atoms with Crippen LogP contribution in [0.3, 0.4) is 0 Å². The first-order chi connectivity index (χ1) is 8.34. The summed E-state index contributed by atoms with van der Waals surface area (Å²) in [6.07, 6.45) is 3.98. The minimum atomic E-state index is 0.587. The van der Waals surface area contributed by atoms with Crippen LogP contribution in [0.1, 0.15) is 36.9 Å². The van der Waals surface area contributed by atoms with E-state index < -0.39 is 0 Å². The quantitative estimate of drug-likeness (QED) is 0.754. The number of thioether (sulfide) groups is 1. The number of fused-ring (bicyclic) bond motifs is 3. The molecule has 17 heavy (non-hydrogen) atoms. The van der Waals surface area contributed by atoms with Crippen LogP contribution < -0.4 is 5.32 Å². The van der Waals surface area contributed by atoms with E-state index in [-0.39, 0.29) is 0 Å². The lowest BCUT2D eigenvalue weighted by molar-refractivity contribution is 0.474. The summed E-state index contributed by atoms with van der Waals surface area (Å²) in [5.74, 6) is 2.12. The van der Waals surface area contributed by atoms with E-state index >= 15 is 0 Å². The van der Waals surface area contributed by atoms with Gasteiger partial charge in [0.25, 0.3) is 0 Å². The van der Waals surface area contributed by atoms with Crippen LogP contribution in [0.15, 0.2) is 24.3 Å². The molecule has 1 fully saturated rings. The highest BCUT2D eigenvalue weighted by atomic mass is 32.2. The van der Waals surface area contributed by atoms with Crippen molar-refractivity contribution in [3.8, 4) is 0 Å². The Balaban J connectivity index is 1.94. The molecule has 0 aromatic heterocycles. The molecule has 2 heteroatoms. The second kappa shape index (κ2) is 5.03. The smallest absolute Gasteiger partial charge is 0.0443 e. The van der Waals surface area contributed by atoms with Crippen molar-refractivity contribution in [1.29, 1.82) is 0 Å². The third-order valence-corrected chi connectivity index (χ3v) is 5.68. The molecular weight excluding hydrogens is 226 g/mol. The minimum absolute atomic E-state index is 0.587. The van der Waals surface area contributed by atoms with E-state index in [9.17, 15) is 0 Å². The Morgan fingerprint density at radius 2 is 2.18 bits per heavy atom. The molecule has 0 bridgehead atoms. The lowest BCUT2D eigenvalue weighted by Crippen LogP contribution is -2.30. The fourth-order valence-corrected chi connectivity index (χ4v) is 4.48. The molecule has 0 spiro atoms. The summed E-state index contributed by atoms with van der Waals surface area (Å²) < 4.78 is 0. The molecule has 1 aliphatic heterocycles. The van der Waals surface area contributed by atoms with Crippen molar-refractivity contribution in [3.05, 3.63) is 35.4 Å². The zero-order valence-electron chi connectivity index (χ0n) is 10.5. The number of hydrogen-bond donors (Lipinski definition) is 1. The van der Waals surface area contributed by atoms with Gasteiger partial charge in [0.15, 0.2) is 0 Å². The Morgan fingerprint density at radius 3 is 3.12 bits per heavy atom. The molecule has 92 valence electrons. The summed E-state index contributed by atoms with van der Waals surface area (Å²) in [6.45, 7) is 3.53. The third kappa shape index (κ3) is 2.38. The van der Waals surface area contributed by atoms with E-state index in [1.807, 2.05) is 0 Å². The molecule has 1 aromatic rings. The Kier molecular flexibility index (Phi) is 3.44. The maximum atomic E-state index is 3.81. The van der Waals surface area contributed by atoms with Crippen LogP contribution in [-0.4, -0.2) is 17.5 Å². The standard InChI is InChI=1S/C15H21NS/c1-11-9-16-15-13-7-3-2-5-12(13)6-4-8-14(15)17-10-11/h2-3,5,7,11,14-16H,4,6,8-10H2,1H3. The van der Waals surface area contributed by atoms with E-state index in [2.05, 4.69) is 48.3 Å². The van der Waals surface area contributed by atoms with Crippen LogP contribution in [0.4, 0.5) is 0 Å². The maximum absolute atomic E-state index is 3.81. The number of rotatable bonds is 0. The highest BCUT2D eigenvalue weighted by Gasteiger charge is 2.30. The molecule has 1 saturated heterocycles. The van der Waals surface area contributed by atoms with Gasteiger partial charge in [-0.1, -0.05) is 31.2 Å². The second-order valence-electron chi connectivity index (χ2n) is 5.45. The first-order valence-corrected chi connectivity index (χ1v) is 7.82. The van der Waals surface area contributed by atoms with E-state index in [1.165, 1.54) is 31.6 Å². The van der Waals surface area contributed by atoms with Gasteiger partial charge in [-0.15, -0.1) is 0 Å². The normalized spacial score (nSPS) is 33.1. The van der Waals surface area contributed by atoms with Crippen LogP contribution in [0.2, 0.25) is 0 Å². The summed E-state index contributed by atoms with van der Waals surface area (Å²) in [4.78, 5) is 0. The molecule has 3 atom stereocenters. The Bertz CT molecular complexity index is 390. The van der Waals surface area contributed by atoms with Gasteiger partial charge >= 0.3 is 0 Å². The van der Waals surface area contributed by atoms with E-state index in [1.54, 1.807) is 11.1 Å². The highest BCUT2D eigenvalue weighted by Crippen LogP contribution is 2.38. The van der Waals surface area contributed by atoms with Gasteiger partial charge < -0.3 is 5.32 Å². The van der Waals surface area contributed by atoms with Gasteiger partial charge in [0.2, 0.25) is 0 Å². The lowest BCUT2D eigenvalue weighted by Gasteiger charge is -2.24. The number of benzene rings is 1. The van der Waals surface area contributed by atoms with Crippen molar-refractivity contribution in [2.24, 2.45) is 5.92 Å². The predicted molar refractivity (Wildman–Crippen MR) is 75.5 cm³/mol. The summed E-state index contributed by atoms with van der Waals surface area (Å²) in [5, 5.41) is 4.59. The van der Waals surface area contributed by atoms with Crippen molar-refractivity contribution in [3.63, 3.8) is 0 Å². The number of aryl methyl sites for hydroxylation is 1. The summed E-state index contributed by atoms with van der Waals surface area (Å²) in [7, 11) is 0. The van der Waals surface area contributed by atoms with Gasteiger partial charge in [-0.25, -0.2) is 0 Å².